The maximum Gasteiger partial charge on any atom is 0.307 e. The number of hydrogen-bond acceptors (Lipinski definition) is 6. The molecule has 0 atom stereocenters. The summed E-state index contributed by atoms with van der Waals surface area (Å²) < 4.78 is 9.34. The first-order valence-electron chi connectivity index (χ1n) is 12.7. The minimum Gasteiger partial charge on any atom is -0.497 e. The molecule has 0 aliphatic heterocycles. The molecule has 0 unspecified atom stereocenters. The lowest BCUT2D eigenvalue weighted by molar-refractivity contribution is -0.136. The van der Waals surface area contributed by atoms with Crippen LogP contribution in [0.2, 0.25) is 0 Å². The fourth-order valence-electron chi connectivity index (χ4n) is 4.71. The number of carbonyl (C=O) groups excluding carboxylic acids is 1. The van der Waals surface area contributed by atoms with Gasteiger partial charge in [0.1, 0.15) is 11.4 Å². The molecule has 10 heteroatoms. The summed E-state index contributed by atoms with van der Waals surface area (Å²) in [5.74, 6) is -0.511. The molecule has 1 amide bonds. The van der Waals surface area contributed by atoms with Gasteiger partial charge in [-0.2, -0.15) is 0 Å². The zero-order valence-corrected chi connectivity index (χ0v) is 21.7. The van der Waals surface area contributed by atoms with Gasteiger partial charge in [-0.25, -0.2) is 5.48 Å². The first-order chi connectivity index (χ1) is 18.4. The molecule has 0 saturated heterocycles. The Hall–Kier alpha value is -4.18. The number of ether oxygens (including phenoxy) is 1. The number of carboxylic acid groups (broad SMARTS) is 1. The lowest BCUT2D eigenvalue weighted by Crippen LogP contribution is -2.17. The molecule has 0 radical (unpaired) electrons. The van der Waals surface area contributed by atoms with E-state index in [1.165, 1.54) is 0 Å². The average Bonchev–Trinajstić information content (AvgIpc) is 3.49. The number of nitrogens with zero attached hydrogens (tertiary/aromatic N) is 4. The Morgan fingerprint density at radius 2 is 1.82 bits per heavy atom. The van der Waals surface area contributed by atoms with Crippen LogP contribution < -0.4 is 10.2 Å². The maximum absolute atomic E-state index is 11.5. The third kappa shape index (κ3) is 6.38. The van der Waals surface area contributed by atoms with Gasteiger partial charge in [0.25, 0.3) is 0 Å². The van der Waals surface area contributed by atoms with E-state index in [4.69, 9.17) is 9.94 Å². The summed E-state index contributed by atoms with van der Waals surface area (Å²) in [6.45, 7) is 3.32. The molecule has 0 spiro atoms. The molecule has 38 heavy (non-hydrogen) atoms. The monoisotopic (exact) mass is 519 g/mol. The molecular formula is C28H33N5O5. The number of benzene rings is 2. The van der Waals surface area contributed by atoms with E-state index < -0.39 is 5.97 Å². The molecule has 3 N–H and O–H groups in total. The van der Waals surface area contributed by atoms with E-state index in [9.17, 15) is 14.7 Å². The highest BCUT2D eigenvalue weighted by atomic mass is 16.5. The van der Waals surface area contributed by atoms with Crippen molar-refractivity contribution in [2.24, 2.45) is 0 Å². The summed E-state index contributed by atoms with van der Waals surface area (Å²) in [5, 5.41) is 27.4. The highest BCUT2D eigenvalue weighted by Crippen LogP contribution is 2.31. The van der Waals surface area contributed by atoms with Gasteiger partial charge in [0, 0.05) is 41.7 Å². The van der Waals surface area contributed by atoms with E-state index in [0.717, 1.165) is 71.2 Å². The van der Waals surface area contributed by atoms with E-state index in [1.807, 2.05) is 48.1 Å². The van der Waals surface area contributed by atoms with Crippen molar-refractivity contribution in [1.82, 2.24) is 25.0 Å². The number of aromatic nitrogens is 4. The third-order valence-corrected chi connectivity index (χ3v) is 6.78. The summed E-state index contributed by atoms with van der Waals surface area (Å²) >= 11 is 0. The van der Waals surface area contributed by atoms with Crippen molar-refractivity contribution in [2.75, 3.05) is 7.11 Å². The van der Waals surface area contributed by atoms with Gasteiger partial charge in [-0.15, -0.1) is 5.10 Å². The van der Waals surface area contributed by atoms with Crippen LogP contribution in [0.15, 0.2) is 48.7 Å². The van der Waals surface area contributed by atoms with Gasteiger partial charge in [0.15, 0.2) is 0 Å². The smallest absolute Gasteiger partial charge is 0.307 e. The molecular weight excluding hydrogens is 486 g/mol. The Bertz CT molecular complexity index is 1410. The van der Waals surface area contributed by atoms with Gasteiger partial charge >= 0.3 is 5.97 Å². The number of unbranched alkanes of at least 4 members (excludes halogenated alkanes) is 3. The number of aliphatic carboxylic acids is 1. The van der Waals surface area contributed by atoms with Crippen LogP contribution in [0.4, 0.5) is 0 Å². The van der Waals surface area contributed by atoms with Gasteiger partial charge in [-0.1, -0.05) is 42.3 Å². The number of fused-ring (bicyclic) bond motifs is 1. The normalized spacial score (nSPS) is 11.1. The predicted molar refractivity (Wildman–Crippen MR) is 142 cm³/mol. The Morgan fingerprint density at radius 3 is 2.53 bits per heavy atom. The zero-order valence-electron chi connectivity index (χ0n) is 21.7. The van der Waals surface area contributed by atoms with Crippen LogP contribution in [0, 0.1) is 6.92 Å². The number of carboxylic acids is 1. The third-order valence-electron chi connectivity index (χ3n) is 6.78. The molecule has 2 aromatic carbocycles. The van der Waals surface area contributed by atoms with Crippen LogP contribution in [-0.2, 0) is 29.1 Å². The summed E-state index contributed by atoms with van der Waals surface area (Å²) in [6.07, 6.45) is 5.78. The molecule has 200 valence electrons. The fraction of sp³-hybridized carbons (Fsp3) is 0.357. The molecule has 4 rings (SSSR count). The van der Waals surface area contributed by atoms with Crippen LogP contribution in [0.1, 0.15) is 48.9 Å². The highest BCUT2D eigenvalue weighted by Gasteiger charge is 2.17. The Morgan fingerprint density at radius 1 is 1.05 bits per heavy atom. The minimum absolute atomic E-state index is 0.0437. The molecule has 0 aliphatic carbocycles. The summed E-state index contributed by atoms with van der Waals surface area (Å²) in [7, 11) is 1.60. The number of aryl methyl sites for hydroxylation is 1. The van der Waals surface area contributed by atoms with Crippen molar-refractivity contribution in [3.05, 3.63) is 65.5 Å². The van der Waals surface area contributed by atoms with Gasteiger partial charge in [-0.05, 0) is 49.1 Å². The Kier molecular flexibility index (Phi) is 8.75. The summed E-state index contributed by atoms with van der Waals surface area (Å²) in [5.41, 5.74) is 7.22. The van der Waals surface area contributed by atoms with Crippen molar-refractivity contribution in [3.63, 3.8) is 0 Å². The molecule has 0 saturated carbocycles. The van der Waals surface area contributed by atoms with E-state index >= 15 is 0 Å². The lowest BCUT2D eigenvalue weighted by Gasteiger charge is -2.10. The van der Waals surface area contributed by atoms with Crippen molar-refractivity contribution < 1.29 is 24.6 Å². The minimum atomic E-state index is -0.862. The number of hydroxylamine groups is 1. The number of methoxy groups -OCH3 is 1. The first kappa shape index (κ1) is 26.9. The molecule has 0 bridgehead atoms. The quantitative estimate of drug-likeness (QED) is 0.136. The summed E-state index contributed by atoms with van der Waals surface area (Å²) in [6, 6.07) is 13.9. The second-order valence-electron chi connectivity index (χ2n) is 9.37. The predicted octanol–water partition coefficient (Wildman–Crippen LogP) is 4.35. The van der Waals surface area contributed by atoms with Crippen molar-refractivity contribution in [1.29, 1.82) is 0 Å². The van der Waals surface area contributed by atoms with E-state index in [1.54, 1.807) is 12.6 Å². The average molecular weight is 520 g/mol. The van der Waals surface area contributed by atoms with Crippen LogP contribution in [-0.4, -0.2) is 48.9 Å². The van der Waals surface area contributed by atoms with Crippen LogP contribution in [0.5, 0.6) is 5.75 Å². The van der Waals surface area contributed by atoms with Crippen molar-refractivity contribution in [3.8, 4) is 17.0 Å². The SMILES string of the molecule is COc1ccc2c(c1)c(CC(=O)O)c(C)n2Cc1ccc(-c2cn(CCCCCCC(=O)NO)nn2)cc1. The Labute approximate surface area is 220 Å². The fourth-order valence-corrected chi connectivity index (χ4v) is 4.71. The molecule has 10 nitrogen and oxygen atoms in total. The van der Waals surface area contributed by atoms with E-state index in [2.05, 4.69) is 27.0 Å². The zero-order chi connectivity index (χ0) is 27.1. The van der Waals surface area contributed by atoms with E-state index in [-0.39, 0.29) is 12.3 Å². The largest absolute Gasteiger partial charge is 0.497 e. The standard InChI is InChI=1S/C28H33N5O5/c1-19-23(16-28(35)36)24-15-22(38-2)12-13-26(24)33(19)17-20-8-10-21(11-9-20)25-18-32(31-29-25)14-6-4-3-5-7-27(34)30-37/h8-13,15,18,37H,3-7,14,16-17H2,1-2H3,(H,30,34)(H,35,36). The van der Waals surface area contributed by atoms with Gasteiger partial charge in [-0.3, -0.25) is 19.5 Å². The van der Waals surface area contributed by atoms with Gasteiger partial charge in [0.05, 0.1) is 19.7 Å². The topological polar surface area (TPSA) is 132 Å². The Balaban J connectivity index is 1.41. The van der Waals surface area contributed by atoms with Gasteiger partial charge in [0.2, 0.25) is 5.91 Å². The first-order valence-corrected chi connectivity index (χ1v) is 12.7. The molecule has 2 heterocycles. The molecule has 4 aromatic rings. The maximum atomic E-state index is 11.5. The van der Waals surface area contributed by atoms with Crippen LogP contribution in [0.3, 0.4) is 0 Å². The van der Waals surface area contributed by atoms with Crippen molar-refractivity contribution in [2.45, 2.75) is 58.5 Å². The molecule has 0 fully saturated rings. The van der Waals surface area contributed by atoms with Crippen LogP contribution >= 0.6 is 0 Å². The van der Waals surface area contributed by atoms with Crippen LogP contribution in [0.25, 0.3) is 22.2 Å². The summed E-state index contributed by atoms with van der Waals surface area (Å²) in [4.78, 5) is 22.6. The number of rotatable bonds is 13. The van der Waals surface area contributed by atoms with Gasteiger partial charge < -0.3 is 14.4 Å². The lowest BCUT2D eigenvalue weighted by atomic mass is 10.1. The number of amides is 1. The molecule has 0 aliphatic rings. The highest BCUT2D eigenvalue weighted by molar-refractivity contribution is 5.90. The number of hydrogen-bond donors (Lipinski definition) is 3. The van der Waals surface area contributed by atoms with E-state index in [0.29, 0.717) is 18.7 Å². The van der Waals surface area contributed by atoms with Crippen molar-refractivity contribution >= 4 is 22.8 Å². The number of carbonyl (C=O) groups is 2. The number of nitrogens with one attached hydrogen (secondary N) is 1. The second kappa shape index (κ2) is 12.4. The molecule has 2 aromatic heterocycles. The second-order valence-corrected chi connectivity index (χ2v) is 9.37.